The van der Waals surface area contributed by atoms with Crippen molar-refractivity contribution in [2.45, 2.75) is 44.9 Å². The van der Waals surface area contributed by atoms with E-state index < -0.39 is 0 Å². The average molecular weight is 249 g/mol. The Kier molecular flexibility index (Phi) is 6.05. The molecule has 2 saturated heterocycles. The zero-order valence-corrected chi connectivity index (χ0v) is 11.3. The minimum atomic E-state index is 0. The van der Waals surface area contributed by atoms with Crippen LogP contribution in [0, 0.1) is 5.92 Å². The van der Waals surface area contributed by atoms with E-state index in [1.165, 1.54) is 25.8 Å². The number of rotatable bonds is 2. The Bertz CT molecular complexity index is 195. The summed E-state index contributed by atoms with van der Waals surface area (Å²) in [6.07, 6.45) is 5.55. The monoisotopic (exact) mass is 248 g/mol. The molecule has 3 nitrogen and oxygen atoms in total. The molecule has 16 heavy (non-hydrogen) atoms. The molecule has 0 bridgehead atoms. The van der Waals surface area contributed by atoms with Crippen molar-refractivity contribution >= 4 is 12.4 Å². The van der Waals surface area contributed by atoms with Crippen LogP contribution >= 0.6 is 12.4 Å². The van der Waals surface area contributed by atoms with Gasteiger partial charge in [-0.2, -0.15) is 0 Å². The second-order valence-electron chi connectivity index (χ2n) is 5.20. The van der Waals surface area contributed by atoms with Gasteiger partial charge >= 0.3 is 0 Å². The Labute approximate surface area is 105 Å². The van der Waals surface area contributed by atoms with Crippen LogP contribution in [-0.4, -0.2) is 43.9 Å². The van der Waals surface area contributed by atoms with Gasteiger partial charge in [0.15, 0.2) is 0 Å². The lowest BCUT2D eigenvalue weighted by molar-refractivity contribution is -0.0427. The molecule has 0 aliphatic carbocycles. The highest BCUT2D eigenvalue weighted by molar-refractivity contribution is 5.85. The lowest BCUT2D eigenvalue weighted by atomic mass is 9.99. The van der Waals surface area contributed by atoms with Crippen LogP contribution < -0.4 is 5.32 Å². The lowest BCUT2D eigenvalue weighted by Crippen LogP contribution is -2.47. The number of ether oxygens (including phenoxy) is 1. The molecular weight excluding hydrogens is 224 g/mol. The van der Waals surface area contributed by atoms with Gasteiger partial charge in [0.25, 0.3) is 0 Å². The van der Waals surface area contributed by atoms with Gasteiger partial charge in [-0.1, -0.05) is 13.3 Å². The molecule has 0 radical (unpaired) electrons. The number of hydrogen-bond donors (Lipinski definition) is 1. The fraction of sp³-hybridized carbons (Fsp3) is 1.00. The number of nitrogens with one attached hydrogen (secondary N) is 1. The van der Waals surface area contributed by atoms with Crippen molar-refractivity contribution < 1.29 is 4.74 Å². The second-order valence-corrected chi connectivity index (χ2v) is 5.20. The van der Waals surface area contributed by atoms with Crippen molar-refractivity contribution in [2.24, 2.45) is 5.92 Å². The quantitative estimate of drug-likeness (QED) is 0.808. The van der Waals surface area contributed by atoms with Gasteiger partial charge in [0.1, 0.15) is 6.23 Å². The van der Waals surface area contributed by atoms with Crippen LogP contribution in [0.4, 0.5) is 0 Å². The van der Waals surface area contributed by atoms with E-state index in [-0.39, 0.29) is 12.4 Å². The number of piperidine rings is 1. The highest BCUT2D eigenvalue weighted by atomic mass is 35.5. The first-order valence-electron chi connectivity index (χ1n) is 6.31. The van der Waals surface area contributed by atoms with E-state index in [9.17, 15) is 0 Å². The van der Waals surface area contributed by atoms with Gasteiger partial charge in [0.05, 0.1) is 6.61 Å². The maximum Gasteiger partial charge on any atom is 0.109 e. The van der Waals surface area contributed by atoms with Crippen LogP contribution in [0.15, 0.2) is 0 Å². The molecule has 0 spiro atoms. The molecule has 3 unspecified atom stereocenters. The normalized spacial score (nSPS) is 36.8. The van der Waals surface area contributed by atoms with E-state index in [0.29, 0.717) is 12.1 Å². The van der Waals surface area contributed by atoms with Gasteiger partial charge in [-0.15, -0.1) is 12.4 Å². The Hall–Kier alpha value is 0.170. The summed E-state index contributed by atoms with van der Waals surface area (Å²) in [6.45, 7) is 5.53. The minimum absolute atomic E-state index is 0. The summed E-state index contributed by atoms with van der Waals surface area (Å²) in [6, 6.07) is 0.727. The number of nitrogens with zero attached hydrogens (tertiary/aromatic N) is 1. The smallest absolute Gasteiger partial charge is 0.109 e. The summed E-state index contributed by atoms with van der Waals surface area (Å²) in [5.41, 5.74) is 0. The molecule has 0 aromatic carbocycles. The van der Waals surface area contributed by atoms with Crippen LogP contribution in [0.3, 0.4) is 0 Å². The summed E-state index contributed by atoms with van der Waals surface area (Å²) in [5.74, 6) is 0.672. The predicted octanol–water partition coefficient (Wildman–Crippen LogP) is 1.86. The SMILES string of the molecule is CC1CNC(CC2CCCCN2C)OC1.Cl. The van der Waals surface area contributed by atoms with E-state index in [2.05, 4.69) is 24.2 Å². The Morgan fingerprint density at radius 2 is 2.19 bits per heavy atom. The summed E-state index contributed by atoms with van der Waals surface area (Å²) >= 11 is 0. The van der Waals surface area contributed by atoms with Crippen molar-refractivity contribution in [3.8, 4) is 0 Å². The van der Waals surface area contributed by atoms with E-state index in [1.54, 1.807) is 0 Å². The molecule has 2 rings (SSSR count). The number of halogens is 1. The summed E-state index contributed by atoms with van der Waals surface area (Å²) in [5, 5.41) is 3.49. The number of hydrogen-bond acceptors (Lipinski definition) is 3. The van der Waals surface area contributed by atoms with Crippen molar-refractivity contribution in [3.05, 3.63) is 0 Å². The van der Waals surface area contributed by atoms with Gasteiger partial charge in [-0.3, -0.25) is 5.32 Å². The third-order valence-electron chi connectivity index (χ3n) is 3.68. The molecule has 0 aromatic rings. The van der Waals surface area contributed by atoms with E-state index >= 15 is 0 Å². The van der Waals surface area contributed by atoms with Crippen molar-refractivity contribution in [2.75, 3.05) is 26.7 Å². The molecule has 2 fully saturated rings. The first-order valence-corrected chi connectivity index (χ1v) is 6.31. The van der Waals surface area contributed by atoms with Crippen molar-refractivity contribution in [1.82, 2.24) is 10.2 Å². The molecule has 3 atom stereocenters. The fourth-order valence-corrected chi connectivity index (χ4v) is 2.57. The standard InChI is InChI=1S/C12H24N2O.ClH/c1-10-8-13-12(15-9-10)7-11-5-3-4-6-14(11)2;/h10-13H,3-9H2,1-2H3;1H. The second kappa shape index (κ2) is 6.80. The van der Waals surface area contributed by atoms with Crippen LogP contribution in [-0.2, 0) is 4.74 Å². The van der Waals surface area contributed by atoms with Crippen LogP contribution in [0.25, 0.3) is 0 Å². The molecule has 2 aliphatic heterocycles. The average Bonchev–Trinajstić information content (AvgIpc) is 2.25. The third kappa shape index (κ3) is 3.88. The van der Waals surface area contributed by atoms with E-state index in [4.69, 9.17) is 4.74 Å². The van der Waals surface area contributed by atoms with Gasteiger partial charge in [0, 0.05) is 19.0 Å². The zero-order valence-electron chi connectivity index (χ0n) is 10.4. The largest absolute Gasteiger partial charge is 0.363 e. The van der Waals surface area contributed by atoms with Gasteiger partial charge in [-0.05, 0) is 32.4 Å². The first-order chi connectivity index (χ1) is 7.25. The Morgan fingerprint density at radius 1 is 1.38 bits per heavy atom. The molecule has 2 heterocycles. The van der Waals surface area contributed by atoms with Gasteiger partial charge < -0.3 is 9.64 Å². The highest BCUT2D eigenvalue weighted by Gasteiger charge is 2.25. The molecule has 0 aromatic heterocycles. The zero-order chi connectivity index (χ0) is 10.7. The predicted molar refractivity (Wildman–Crippen MR) is 69.0 cm³/mol. The lowest BCUT2D eigenvalue weighted by Gasteiger charge is -2.37. The molecule has 1 N–H and O–H groups in total. The topological polar surface area (TPSA) is 24.5 Å². The van der Waals surface area contributed by atoms with E-state index in [0.717, 1.165) is 25.6 Å². The minimum Gasteiger partial charge on any atom is -0.363 e. The molecule has 0 amide bonds. The van der Waals surface area contributed by atoms with Gasteiger partial charge in [0.2, 0.25) is 0 Å². The summed E-state index contributed by atoms with van der Waals surface area (Å²) in [4.78, 5) is 2.49. The summed E-state index contributed by atoms with van der Waals surface area (Å²) in [7, 11) is 2.25. The fourth-order valence-electron chi connectivity index (χ4n) is 2.57. The highest BCUT2D eigenvalue weighted by Crippen LogP contribution is 2.20. The molecule has 4 heteroatoms. The van der Waals surface area contributed by atoms with Crippen LogP contribution in [0.5, 0.6) is 0 Å². The summed E-state index contributed by atoms with van der Waals surface area (Å²) < 4.78 is 5.80. The Morgan fingerprint density at radius 3 is 2.81 bits per heavy atom. The van der Waals surface area contributed by atoms with Crippen LogP contribution in [0.1, 0.15) is 32.6 Å². The number of likely N-dealkylation sites (tertiary alicyclic amines) is 1. The molecule has 0 saturated carbocycles. The van der Waals surface area contributed by atoms with Crippen molar-refractivity contribution in [1.29, 1.82) is 0 Å². The molecule has 2 aliphatic rings. The van der Waals surface area contributed by atoms with Gasteiger partial charge in [-0.25, -0.2) is 0 Å². The third-order valence-corrected chi connectivity index (χ3v) is 3.68. The van der Waals surface area contributed by atoms with Crippen molar-refractivity contribution in [3.63, 3.8) is 0 Å². The van der Waals surface area contributed by atoms with Crippen LogP contribution in [0.2, 0.25) is 0 Å². The maximum absolute atomic E-state index is 5.80. The molecule has 96 valence electrons. The van der Waals surface area contributed by atoms with E-state index in [1.807, 2.05) is 0 Å². The maximum atomic E-state index is 5.80. The molecular formula is C12H25ClN2O. The Balaban J connectivity index is 0.00000128. The first kappa shape index (κ1) is 14.2.